The third-order valence-corrected chi connectivity index (χ3v) is 7.11. The number of nitrogens with one attached hydrogen (secondary N) is 2. The number of hydrogen-bond donors (Lipinski definition) is 2. The van der Waals surface area contributed by atoms with Gasteiger partial charge in [0.1, 0.15) is 0 Å². The Balaban J connectivity index is 1.54. The molecule has 2 heterocycles. The molecule has 1 aliphatic heterocycles. The van der Waals surface area contributed by atoms with E-state index < -0.39 is 10.0 Å². The zero-order chi connectivity index (χ0) is 19.2. The SMILES string of the molecule is Cc1ccc(C)c(S(=O)(=O)N2CCN(c3ccc4[nH]c(=O)[nH]c4c3)CC2)c1. The number of nitrogens with zero attached hydrogens (tertiary/aromatic N) is 2. The molecule has 2 aromatic carbocycles. The Kier molecular flexibility index (Phi) is 4.32. The van der Waals surface area contributed by atoms with Gasteiger partial charge in [0.25, 0.3) is 0 Å². The molecule has 0 amide bonds. The first-order valence-corrected chi connectivity index (χ1v) is 10.3. The first kappa shape index (κ1) is 17.8. The predicted octanol–water partition coefficient (Wildman–Crippen LogP) is 1.98. The number of piperazine rings is 1. The van der Waals surface area contributed by atoms with Gasteiger partial charge in [-0.25, -0.2) is 13.2 Å². The van der Waals surface area contributed by atoms with E-state index >= 15 is 0 Å². The Hall–Kier alpha value is -2.58. The van der Waals surface area contributed by atoms with Gasteiger partial charge in [0.15, 0.2) is 0 Å². The lowest BCUT2D eigenvalue weighted by atomic mass is 10.2. The minimum Gasteiger partial charge on any atom is -0.369 e. The third kappa shape index (κ3) is 3.26. The Morgan fingerprint density at radius 2 is 1.59 bits per heavy atom. The maximum Gasteiger partial charge on any atom is 0.323 e. The van der Waals surface area contributed by atoms with Crippen molar-refractivity contribution in [3.63, 3.8) is 0 Å². The number of sulfonamides is 1. The molecule has 8 heteroatoms. The van der Waals surface area contributed by atoms with E-state index in [9.17, 15) is 13.2 Å². The van der Waals surface area contributed by atoms with Gasteiger partial charge in [-0.05, 0) is 49.2 Å². The molecule has 0 saturated carbocycles. The van der Waals surface area contributed by atoms with E-state index in [1.54, 1.807) is 10.4 Å². The van der Waals surface area contributed by atoms with Gasteiger partial charge in [-0.3, -0.25) is 0 Å². The van der Waals surface area contributed by atoms with Crippen molar-refractivity contribution in [3.05, 3.63) is 58.0 Å². The van der Waals surface area contributed by atoms with Gasteiger partial charge in [0, 0.05) is 31.9 Å². The standard InChI is InChI=1S/C19H22N4O3S/c1-13-3-4-14(2)18(11-13)27(25,26)23-9-7-22(8-10-23)15-5-6-16-17(12-15)21-19(24)20-16/h3-6,11-12H,7-10H2,1-2H3,(H2,20,21,24). The number of aromatic nitrogens is 2. The molecule has 0 aliphatic carbocycles. The number of anilines is 1. The van der Waals surface area contributed by atoms with Gasteiger partial charge in [-0.15, -0.1) is 0 Å². The first-order valence-electron chi connectivity index (χ1n) is 8.89. The lowest BCUT2D eigenvalue weighted by molar-refractivity contribution is 0.384. The lowest BCUT2D eigenvalue weighted by Crippen LogP contribution is -2.48. The molecular formula is C19H22N4O3S. The molecular weight excluding hydrogens is 364 g/mol. The number of aryl methyl sites for hydroxylation is 2. The second kappa shape index (κ2) is 6.54. The van der Waals surface area contributed by atoms with Crippen LogP contribution < -0.4 is 10.6 Å². The highest BCUT2D eigenvalue weighted by Gasteiger charge is 2.29. The normalized spacial score (nSPS) is 16.1. The quantitative estimate of drug-likeness (QED) is 0.720. The van der Waals surface area contributed by atoms with Crippen molar-refractivity contribution >= 4 is 26.7 Å². The van der Waals surface area contributed by atoms with Crippen LogP contribution in [0.4, 0.5) is 5.69 Å². The summed E-state index contributed by atoms with van der Waals surface area (Å²) in [5.74, 6) is 0. The number of rotatable bonds is 3. The van der Waals surface area contributed by atoms with Crippen LogP contribution in [0, 0.1) is 13.8 Å². The van der Waals surface area contributed by atoms with Crippen molar-refractivity contribution in [2.45, 2.75) is 18.7 Å². The molecule has 1 fully saturated rings. The van der Waals surface area contributed by atoms with Crippen LogP contribution in [0.3, 0.4) is 0 Å². The summed E-state index contributed by atoms with van der Waals surface area (Å²) in [5, 5.41) is 0. The summed E-state index contributed by atoms with van der Waals surface area (Å²) in [7, 11) is -3.50. The average Bonchev–Trinajstić information content (AvgIpc) is 3.03. The smallest absolute Gasteiger partial charge is 0.323 e. The molecule has 27 heavy (non-hydrogen) atoms. The Morgan fingerprint density at radius 3 is 2.33 bits per heavy atom. The molecule has 7 nitrogen and oxygen atoms in total. The molecule has 0 atom stereocenters. The fourth-order valence-corrected chi connectivity index (χ4v) is 5.26. The van der Waals surface area contributed by atoms with Gasteiger partial charge in [-0.1, -0.05) is 12.1 Å². The van der Waals surface area contributed by atoms with Gasteiger partial charge in [0.2, 0.25) is 10.0 Å². The number of hydrogen-bond acceptors (Lipinski definition) is 4. The second-order valence-electron chi connectivity index (χ2n) is 6.97. The van der Waals surface area contributed by atoms with E-state index in [2.05, 4.69) is 14.9 Å². The van der Waals surface area contributed by atoms with Crippen LogP contribution in [0.2, 0.25) is 0 Å². The topological polar surface area (TPSA) is 89.3 Å². The van der Waals surface area contributed by atoms with Crippen molar-refractivity contribution in [3.8, 4) is 0 Å². The number of benzene rings is 2. The van der Waals surface area contributed by atoms with Crippen LogP contribution >= 0.6 is 0 Å². The highest BCUT2D eigenvalue weighted by molar-refractivity contribution is 7.89. The molecule has 142 valence electrons. The van der Waals surface area contributed by atoms with Crippen LogP contribution in [0.25, 0.3) is 11.0 Å². The number of H-pyrrole nitrogens is 2. The Morgan fingerprint density at radius 1 is 0.889 bits per heavy atom. The van der Waals surface area contributed by atoms with Crippen molar-refractivity contribution in [1.82, 2.24) is 14.3 Å². The molecule has 0 spiro atoms. The third-order valence-electron chi connectivity index (χ3n) is 5.06. The average molecular weight is 386 g/mol. The highest BCUT2D eigenvalue weighted by Crippen LogP contribution is 2.25. The van der Waals surface area contributed by atoms with Crippen LogP contribution in [0.1, 0.15) is 11.1 Å². The molecule has 1 aromatic heterocycles. The molecule has 3 aromatic rings. The maximum atomic E-state index is 13.0. The largest absolute Gasteiger partial charge is 0.369 e. The van der Waals surface area contributed by atoms with Crippen molar-refractivity contribution in [2.24, 2.45) is 0 Å². The van der Waals surface area contributed by atoms with E-state index in [1.165, 1.54) is 0 Å². The van der Waals surface area contributed by atoms with Crippen LogP contribution in [0.5, 0.6) is 0 Å². The molecule has 0 unspecified atom stereocenters. The minimum atomic E-state index is -3.50. The van der Waals surface area contributed by atoms with Crippen molar-refractivity contribution in [2.75, 3.05) is 31.1 Å². The number of aromatic amines is 2. The number of imidazole rings is 1. The van der Waals surface area contributed by atoms with E-state index in [-0.39, 0.29) is 5.69 Å². The minimum absolute atomic E-state index is 0.230. The monoisotopic (exact) mass is 386 g/mol. The molecule has 0 bridgehead atoms. The van der Waals surface area contributed by atoms with Gasteiger partial charge < -0.3 is 14.9 Å². The number of fused-ring (bicyclic) bond motifs is 1. The molecule has 1 aliphatic rings. The summed E-state index contributed by atoms with van der Waals surface area (Å²) >= 11 is 0. The van der Waals surface area contributed by atoms with E-state index in [0.29, 0.717) is 31.1 Å². The summed E-state index contributed by atoms with van der Waals surface area (Å²) in [6, 6.07) is 11.2. The van der Waals surface area contributed by atoms with Gasteiger partial charge >= 0.3 is 5.69 Å². The summed E-state index contributed by atoms with van der Waals surface area (Å²) in [6.45, 7) is 5.79. The molecule has 1 saturated heterocycles. The lowest BCUT2D eigenvalue weighted by Gasteiger charge is -2.35. The zero-order valence-corrected chi connectivity index (χ0v) is 16.1. The highest BCUT2D eigenvalue weighted by atomic mass is 32.2. The first-order chi connectivity index (χ1) is 12.8. The summed E-state index contributed by atoms with van der Waals surface area (Å²) in [5.41, 5.74) is 3.97. The zero-order valence-electron chi connectivity index (χ0n) is 15.3. The fourth-order valence-electron chi connectivity index (χ4n) is 3.53. The summed E-state index contributed by atoms with van der Waals surface area (Å²) in [4.78, 5) is 19.4. The van der Waals surface area contributed by atoms with Gasteiger partial charge in [-0.2, -0.15) is 4.31 Å². The second-order valence-corrected chi connectivity index (χ2v) is 8.88. The predicted molar refractivity (Wildman–Crippen MR) is 106 cm³/mol. The molecule has 0 radical (unpaired) electrons. The van der Waals surface area contributed by atoms with E-state index in [4.69, 9.17) is 0 Å². The molecule has 4 rings (SSSR count). The summed E-state index contributed by atoms with van der Waals surface area (Å²) in [6.07, 6.45) is 0. The fraction of sp³-hybridized carbons (Fsp3) is 0.316. The van der Waals surface area contributed by atoms with Crippen LogP contribution in [0.15, 0.2) is 46.1 Å². The van der Waals surface area contributed by atoms with Crippen molar-refractivity contribution in [1.29, 1.82) is 0 Å². The van der Waals surface area contributed by atoms with E-state index in [1.807, 2.05) is 44.2 Å². The van der Waals surface area contributed by atoms with Gasteiger partial charge in [0.05, 0.1) is 15.9 Å². The van der Waals surface area contributed by atoms with Crippen molar-refractivity contribution < 1.29 is 8.42 Å². The van der Waals surface area contributed by atoms with Crippen LogP contribution in [-0.2, 0) is 10.0 Å². The maximum absolute atomic E-state index is 13.0. The molecule has 2 N–H and O–H groups in total. The Labute approximate surface area is 157 Å². The van der Waals surface area contributed by atoms with Crippen LogP contribution in [-0.4, -0.2) is 48.9 Å². The van der Waals surface area contributed by atoms with E-state index in [0.717, 1.165) is 27.8 Å². The summed E-state index contributed by atoms with van der Waals surface area (Å²) < 4.78 is 27.6. The Bertz CT molecular complexity index is 1160.